The lowest BCUT2D eigenvalue weighted by molar-refractivity contribution is 0.608. The Kier molecular flexibility index (Phi) is 4.06. The van der Waals surface area contributed by atoms with Crippen molar-refractivity contribution in [3.8, 4) is 5.69 Å². The van der Waals surface area contributed by atoms with Crippen LogP contribution in [0.1, 0.15) is 0 Å². The Hall–Kier alpha value is -2.40. The second-order valence-electron chi connectivity index (χ2n) is 4.60. The zero-order valence-electron chi connectivity index (χ0n) is 11.7. The maximum Gasteiger partial charge on any atom is 0.266 e. The average molecular weight is 312 g/mol. The fourth-order valence-electron chi connectivity index (χ4n) is 2.19. The van der Waals surface area contributed by atoms with E-state index < -0.39 is 5.82 Å². The van der Waals surface area contributed by atoms with Gasteiger partial charge in [0.15, 0.2) is 5.16 Å². The molecule has 2 aromatic carbocycles. The Morgan fingerprint density at radius 1 is 1.18 bits per heavy atom. The van der Waals surface area contributed by atoms with Gasteiger partial charge in [0.2, 0.25) is 0 Å². The van der Waals surface area contributed by atoms with Crippen molar-refractivity contribution in [2.75, 3.05) is 5.75 Å². The summed E-state index contributed by atoms with van der Waals surface area (Å²) in [4.78, 5) is 17.3. The quantitative estimate of drug-likeness (QED) is 0.417. The third kappa shape index (κ3) is 2.55. The van der Waals surface area contributed by atoms with Crippen LogP contribution in [0.4, 0.5) is 4.39 Å². The van der Waals surface area contributed by atoms with Gasteiger partial charge in [-0.1, -0.05) is 42.1 Å². The molecule has 3 nitrogen and oxygen atoms in total. The van der Waals surface area contributed by atoms with Crippen molar-refractivity contribution in [3.05, 3.63) is 77.4 Å². The van der Waals surface area contributed by atoms with Gasteiger partial charge in [-0.3, -0.25) is 9.36 Å². The standard InChI is InChI=1S/C17H13FN2OS/c1-2-11-22-17-19-14-9-5-3-7-12(14)16(21)20(17)15-10-6-4-8-13(15)18/h2-10H,1,11H2. The first kappa shape index (κ1) is 14.5. The number of hydrogen-bond donors (Lipinski definition) is 0. The van der Waals surface area contributed by atoms with Crippen molar-refractivity contribution in [3.63, 3.8) is 0 Å². The number of halogens is 1. The van der Waals surface area contributed by atoms with Gasteiger partial charge in [-0.2, -0.15) is 0 Å². The fourth-order valence-corrected chi connectivity index (χ4v) is 2.93. The lowest BCUT2D eigenvalue weighted by Gasteiger charge is -2.13. The molecule has 0 amide bonds. The summed E-state index contributed by atoms with van der Waals surface area (Å²) in [5, 5.41) is 0.919. The molecule has 0 saturated carbocycles. The number of benzene rings is 2. The SMILES string of the molecule is C=CCSc1nc2ccccc2c(=O)n1-c1ccccc1F. The number of aromatic nitrogens is 2. The molecule has 0 unspecified atom stereocenters. The molecule has 0 radical (unpaired) electrons. The van der Waals surface area contributed by atoms with E-state index in [-0.39, 0.29) is 11.2 Å². The summed E-state index contributed by atoms with van der Waals surface area (Å²) >= 11 is 1.35. The van der Waals surface area contributed by atoms with Crippen molar-refractivity contribution in [2.45, 2.75) is 5.16 Å². The first-order valence-electron chi connectivity index (χ1n) is 6.73. The molecule has 110 valence electrons. The van der Waals surface area contributed by atoms with Gasteiger partial charge >= 0.3 is 0 Å². The van der Waals surface area contributed by atoms with E-state index in [1.807, 2.05) is 6.07 Å². The molecular formula is C17H13FN2OS. The summed E-state index contributed by atoms with van der Waals surface area (Å²) in [5.41, 5.74) is 0.534. The minimum atomic E-state index is -0.456. The summed E-state index contributed by atoms with van der Waals surface area (Å²) in [6.07, 6.45) is 1.72. The smallest absolute Gasteiger partial charge is 0.266 e. The van der Waals surface area contributed by atoms with Gasteiger partial charge in [0.25, 0.3) is 5.56 Å². The number of hydrogen-bond acceptors (Lipinski definition) is 3. The molecule has 0 aliphatic heterocycles. The first-order chi connectivity index (χ1) is 10.7. The van der Waals surface area contributed by atoms with Crippen LogP contribution in [0, 0.1) is 5.82 Å². The fraction of sp³-hybridized carbons (Fsp3) is 0.0588. The maximum atomic E-state index is 14.1. The van der Waals surface area contributed by atoms with E-state index in [9.17, 15) is 9.18 Å². The van der Waals surface area contributed by atoms with Gasteiger partial charge < -0.3 is 0 Å². The van der Waals surface area contributed by atoms with Crippen molar-refractivity contribution in [1.82, 2.24) is 9.55 Å². The minimum Gasteiger partial charge on any atom is -0.268 e. The van der Waals surface area contributed by atoms with E-state index in [0.717, 1.165) is 0 Å². The molecule has 0 aliphatic rings. The number of thioether (sulfide) groups is 1. The molecular weight excluding hydrogens is 299 g/mol. The molecule has 0 bridgehead atoms. The van der Waals surface area contributed by atoms with Crippen LogP contribution in [0.2, 0.25) is 0 Å². The van der Waals surface area contributed by atoms with Crippen LogP contribution in [0.25, 0.3) is 16.6 Å². The number of rotatable bonds is 4. The zero-order valence-corrected chi connectivity index (χ0v) is 12.5. The van der Waals surface area contributed by atoms with Crippen molar-refractivity contribution < 1.29 is 4.39 Å². The predicted molar refractivity (Wildman–Crippen MR) is 88.2 cm³/mol. The average Bonchev–Trinajstić information content (AvgIpc) is 2.54. The highest BCUT2D eigenvalue weighted by Crippen LogP contribution is 2.22. The number of fused-ring (bicyclic) bond motifs is 1. The van der Waals surface area contributed by atoms with Gasteiger partial charge in [-0.15, -0.1) is 6.58 Å². The van der Waals surface area contributed by atoms with Crippen LogP contribution < -0.4 is 5.56 Å². The van der Waals surface area contributed by atoms with E-state index in [1.165, 1.54) is 22.4 Å². The van der Waals surface area contributed by atoms with Gasteiger partial charge in [-0.05, 0) is 24.3 Å². The van der Waals surface area contributed by atoms with Gasteiger partial charge in [0, 0.05) is 5.75 Å². The third-order valence-corrected chi connectivity index (χ3v) is 4.10. The third-order valence-electron chi connectivity index (χ3n) is 3.17. The molecule has 0 fully saturated rings. The molecule has 0 spiro atoms. The highest BCUT2D eigenvalue weighted by atomic mass is 32.2. The summed E-state index contributed by atoms with van der Waals surface area (Å²) < 4.78 is 15.5. The van der Waals surface area contributed by atoms with Crippen LogP contribution >= 0.6 is 11.8 Å². The first-order valence-corrected chi connectivity index (χ1v) is 7.71. The van der Waals surface area contributed by atoms with E-state index in [4.69, 9.17) is 0 Å². The lowest BCUT2D eigenvalue weighted by Crippen LogP contribution is -2.22. The van der Waals surface area contributed by atoms with Crippen LogP contribution in [-0.2, 0) is 0 Å². The topological polar surface area (TPSA) is 34.9 Å². The Morgan fingerprint density at radius 3 is 2.68 bits per heavy atom. The number of para-hydroxylation sites is 2. The molecule has 1 heterocycles. The molecule has 22 heavy (non-hydrogen) atoms. The lowest BCUT2D eigenvalue weighted by atomic mass is 10.2. The highest BCUT2D eigenvalue weighted by Gasteiger charge is 2.15. The minimum absolute atomic E-state index is 0.206. The summed E-state index contributed by atoms with van der Waals surface area (Å²) in [5.74, 6) is 0.126. The Bertz CT molecular complexity index is 905. The Balaban J connectivity index is 2.35. The molecule has 0 saturated heterocycles. The Morgan fingerprint density at radius 2 is 1.91 bits per heavy atom. The predicted octanol–water partition coefficient (Wildman–Crippen LogP) is 3.80. The maximum absolute atomic E-state index is 14.1. The highest BCUT2D eigenvalue weighted by molar-refractivity contribution is 7.99. The normalized spacial score (nSPS) is 10.8. The van der Waals surface area contributed by atoms with Crippen molar-refractivity contribution >= 4 is 22.7 Å². The van der Waals surface area contributed by atoms with E-state index in [2.05, 4.69) is 11.6 Å². The number of nitrogens with zero attached hydrogens (tertiary/aromatic N) is 2. The largest absolute Gasteiger partial charge is 0.268 e. The zero-order chi connectivity index (χ0) is 15.5. The van der Waals surface area contributed by atoms with E-state index in [1.54, 1.807) is 42.5 Å². The summed E-state index contributed by atoms with van der Waals surface area (Å²) in [6.45, 7) is 3.67. The van der Waals surface area contributed by atoms with Crippen LogP contribution in [0.5, 0.6) is 0 Å². The van der Waals surface area contributed by atoms with Crippen molar-refractivity contribution in [1.29, 1.82) is 0 Å². The van der Waals surface area contributed by atoms with Gasteiger partial charge in [0.05, 0.1) is 16.6 Å². The summed E-state index contributed by atoms with van der Waals surface area (Å²) in [6, 6.07) is 13.3. The molecule has 5 heteroatoms. The second kappa shape index (κ2) is 6.15. The second-order valence-corrected chi connectivity index (χ2v) is 5.59. The molecule has 3 rings (SSSR count). The van der Waals surface area contributed by atoms with Gasteiger partial charge in [-0.25, -0.2) is 9.37 Å². The molecule has 1 aromatic heterocycles. The van der Waals surface area contributed by atoms with Crippen LogP contribution in [0.15, 0.2) is 71.1 Å². The monoisotopic (exact) mass is 312 g/mol. The van der Waals surface area contributed by atoms with Crippen molar-refractivity contribution in [2.24, 2.45) is 0 Å². The molecule has 0 aliphatic carbocycles. The molecule has 3 aromatic rings. The van der Waals surface area contributed by atoms with Crippen LogP contribution in [-0.4, -0.2) is 15.3 Å². The Labute approximate surface area is 131 Å². The summed E-state index contributed by atoms with van der Waals surface area (Å²) in [7, 11) is 0. The van der Waals surface area contributed by atoms with E-state index in [0.29, 0.717) is 21.8 Å². The van der Waals surface area contributed by atoms with Crippen LogP contribution in [0.3, 0.4) is 0 Å². The van der Waals surface area contributed by atoms with Gasteiger partial charge in [0.1, 0.15) is 5.82 Å². The molecule has 0 N–H and O–H groups in total. The van der Waals surface area contributed by atoms with E-state index >= 15 is 0 Å². The molecule has 0 atom stereocenters.